The van der Waals surface area contributed by atoms with Crippen molar-refractivity contribution < 1.29 is 19.4 Å². The number of hydrogen-bond donors (Lipinski definition) is 3. The van der Waals surface area contributed by atoms with Gasteiger partial charge < -0.3 is 20.9 Å². The zero-order chi connectivity index (χ0) is 19.7. The molecule has 2 amide bonds. The SMILES string of the molecule is CNC(=O)C1=CC(CCCO)(C(N)=O)CC2=C1OCC2(C)c1ccccc1. The predicted octanol–water partition coefficient (Wildman–Crippen LogP) is 1.55. The van der Waals surface area contributed by atoms with Gasteiger partial charge in [0.15, 0.2) is 0 Å². The lowest BCUT2D eigenvalue weighted by Gasteiger charge is -2.36. The summed E-state index contributed by atoms with van der Waals surface area (Å²) in [6.07, 6.45) is 2.82. The first-order chi connectivity index (χ1) is 12.9. The molecule has 1 aromatic rings. The summed E-state index contributed by atoms with van der Waals surface area (Å²) < 4.78 is 5.99. The quantitative estimate of drug-likeness (QED) is 0.707. The third-order valence-corrected chi connectivity index (χ3v) is 5.76. The van der Waals surface area contributed by atoms with Crippen LogP contribution < -0.4 is 11.1 Å². The summed E-state index contributed by atoms with van der Waals surface area (Å²) in [5.74, 6) is -0.262. The molecule has 2 atom stereocenters. The number of aliphatic hydroxyl groups is 1. The standard InChI is InChI=1S/C21H26N2O4/c1-20(14-7-4-3-5-8-14)13-27-17-15(18(25)23-2)11-21(19(22)26,9-6-10-24)12-16(17)20/h3-5,7-8,11,24H,6,9-10,12-13H2,1-2H3,(H2,22,26)(H,23,25). The Kier molecular flexibility index (Phi) is 5.11. The van der Waals surface area contributed by atoms with Gasteiger partial charge in [-0.25, -0.2) is 0 Å². The van der Waals surface area contributed by atoms with Gasteiger partial charge in [-0.1, -0.05) is 36.4 Å². The van der Waals surface area contributed by atoms with Crippen LogP contribution in [0.5, 0.6) is 0 Å². The molecule has 27 heavy (non-hydrogen) atoms. The molecule has 1 heterocycles. The lowest BCUT2D eigenvalue weighted by molar-refractivity contribution is -0.125. The second-order valence-corrected chi connectivity index (χ2v) is 7.46. The number of likely N-dealkylation sites (N-methyl/N-ethyl adjacent to an activating group) is 1. The third-order valence-electron chi connectivity index (χ3n) is 5.76. The number of ether oxygens (including phenoxy) is 1. The van der Waals surface area contributed by atoms with Crippen molar-refractivity contribution in [2.75, 3.05) is 20.3 Å². The summed E-state index contributed by atoms with van der Waals surface area (Å²) in [6.45, 7) is 2.41. The average molecular weight is 370 g/mol. The molecule has 1 aliphatic carbocycles. The molecule has 0 radical (unpaired) electrons. The number of rotatable bonds is 6. The van der Waals surface area contributed by atoms with Gasteiger partial charge in [-0.05, 0) is 37.3 Å². The molecule has 6 heteroatoms. The van der Waals surface area contributed by atoms with E-state index in [1.165, 1.54) is 0 Å². The topological polar surface area (TPSA) is 102 Å². The lowest BCUT2D eigenvalue weighted by atomic mass is 9.65. The number of nitrogens with two attached hydrogens (primary N) is 1. The minimum Gasteiger partial charge on any atom is -0.492 e. The van der Waals surface area contributed by atoms with Crippen molar-refractivity contribution >= 4 is 11.8 Å². The van der Waals surface area contributed by atoms with Crippen molar-refractivity contribution in [1.29, 1.82) is 0 Å². The molecule has 0 saturated heterocycles. The molecule has 0 aromatic heterocycles. The number of primary amides is 1. The number of amides is 2. The highest BCUT2D eigenvalue weighted by atomic mass is 16.5. The van der Waals surface area contributed by atoms with Crippen molar-refractivity contribution in [3.63, 3.8) is 0 Å². The molecule has 0 bridgehead atoms. The molecule has 0 saturated carbocycles. The monoisotopic (exact) mass is 370 g/mol. The van der Waals surface area contributed by atoms with Crippen LogP contribution in [-0.2, 0) is 19.7 Å². The van der Waals surface area contributed by atoms with Crippen LogP contribution >= 0.6 is 0 Å². The van der Waals surface area contributed by atoms with E-state index in [9.17, 15) is 14.7 Å². The number of aliphatic hydroxyl groups excluding tert-OH is 1. The fourth-order valence-electron chi connectivity index (χ4n) is 4.07. The van der Waals surface area contributed by atoms with Crippen LogP contribution in [0.2, 0.25) is 0 Å². The van der Waals surface area contributed by atoms with E-state index in [-0.39, 0.29) is 12.5 Å². The molecule has 6 nitrogen and oxygen atoms in total. The molecule has 3 rings (SSSR count). The lowest BCUT2D eigenvalue weighted by Crippen LogP contribution is -2.41. The highest BCUT2D eigenvalue weighted by Gasteiger charge is 2.50. The Balaban J connectivity index is 2.15. The first-order valence-electron chi connectivity index (χ1n) is 9.16. The zero-order valence-corrected chi connectivity index (χ0v) is 15.7. The van der Waals surface area contributed by atoms with Gasteiger partial charge in [-0.15, -0.1) is 0 Å². The van der Waals surface area contributed by atoms with E-state index in [2.05, 4.69) is 12.2 Å². The van der Waals surface area contributed by atoms with E-state index in [1.807, 2.05) is 30.3 Å². The summed E-state index contributed by atoms with van der Waals surface area (Å²) in [5.41, 5.74) is 6.64. The number of carbonyl (C=O) groups is 2. The molecule has 4 N–H and O–H groups in total. The first-order valence-corrected chi connectivity index (χ1v) is 9.16. The van der Waals surface area contributed by atoms with Gasteiger partial charge in [0, 0.05) is 13.7 Å². The average Bonchev–Trinajstić information content (AvgIpc) is 3.03. The third kappa shape index (κ3) is 3.14. The molecule has 0 spiro atoms. The van der Waals surface area contributed by atoms with E-state index in [0.717, 1.165) is 11.1 Å². The maximum atomic E-state index is 12.5. The second kappa shape index (κ2) is 7.19. The van der Waals surface area contributed by atoms with Crippen molar-refractivity contribution in [2.24, 2.45) is 11.1 Å². The van der Waals surface area contributed by atoms with Crippen LogP contribution in [0.25, 0.3) is 0 Å². The molecular weight excluding hydrogens is 344 g/mol. The van der Waals surface area contributed by atoms with Gasteiger partial charge in [0.2, 0.25) is 5.91 Å². The highest BCUT2D eigenvalue weighted by Crippen LogP contribution is 2.52. The fourth-order valence-corrected chi connectivity index (χ4v) is 4.07. The van der Waals surface area contributed by atoms with Crippen molar-refractivity contribution in [2.45, 2.75) is 31.6 Å². The van der Waals surface area contributed by atoms with E-state index >= 15 is 0 Å². The van der Waals surface area contributed by atoms with Crippen LogP contribution in [0.3, 0.4) is 0 Å². The minimum atomic E-state index is -1.02. The first kappa shape index (κ1) is 19.2. The number of hydrogen-bond acceptors (Lipinski definition) is 4. The molecule has 2 unspecified atom stereocenters. The second-order valence-electron chi connectivity index (χ2n) is 7.46. The van der Waals surface area contributed by atoms with Crippen LogP contribution in [0.15, 0.2) is 53.3 Å². The van der Waals surface area contributed by atoms with Crippen molar-refractivity contribution in [1.82, 2.24) is 5.32 Å². The summed E-state index contributed by atoms with van der Waals surface area (Å²) in [7, 11) is 1.54. The van der Waals surface area contributed by atoms with Crippen LogP contribution in [0.4, 0.5) is 0 Å². The Morgan fingerprint density at radius 2 is 2.00 bits per heavy atom. The van der Waals surface area contributed by atoms with Gasteiger partial charge in [0.25, 0.3) is 5.91 Å². The summed E-state index contributed by atoms with van der Waals surface area (Å²) in [6, 6.07) is 9.92. The van der Waals surface area contributed by atoms with Gasteiger partial charge in [-0.3, -0.25) is 9.59 Å². The van der Waals surface area contributed by atoms with E-state index < -0.39 is 16.7 Å². The van der Waals surface area contributed by atoms with Gasteiger partial charge in [0.05, 0.1) is 16.4 Å². The Bertz CT molecular complexity index is 815. The van der Waals surface area contributed by atoms with Crippen LogP contribution in [-0.4, -0.2) is 37.2 Å². The Labute approximate surface area is 159 Å². The Morgan fingerprint density at radius 3 is 2.59 bits per heavy atom. The maximum Gasteiger partial charge on any atom is 0.254 e. The summed E-state index contributed by atoms with van der Waals surface area (Å²) >= 11 is 0. The number of carbonyl (C=O) groups excluding carboxylic acids is 2. The van der Waals surface area contributed by atoms with E-state index in [4.69, 9.17) is 10.5 Å². The van der Waals surface area contributed by atoms with Crippen molar-refractivity contribution in [3.05, 3.63) is 58.9 Å². The minimum absolute atomic E-state index is 0.0451. The van der Waals surface area contributed by atoms with Gasteiger partial charge in [-0.2, -0.15) is 0 Å². The van der Waals surface area contributed by atoms with Crippen LogP contribution in [0.1, 0.15) is 31.7 Å². The molecule has 1 aromatic carbocycles. The Morgan fingerprint density at radius 1 is 1.30 bits per heavy atom. The number of nitrogens with one attached hydrogen (secondary N) is 1. The number of benzene rings is 1. The molecule has 1 aliphatic heterocycles. The summed E-state index contributed by atoms with van der Waals surface area (Å²) in [5, 5.41) is 11.9. The predicted molar refractivity (Wildman–Crippen MR) is 101 cm³/mol. The molecule has 2 aliphatic rings. The highest BCUT2D eigenvalue weighted by molar-refractivity contribution is 6.00. The van der Waals surface area contributed by atoms with Crippen molar-refractivity contribution in [3.8, 4) is 0 Å². The largest absolute Gasteiger partial charge is 0.492 e. The van der Waals surface area contributed by atoms with Gasteiger partial charge in [0.1, 0.15) is 12.4 Å². The zero-order valence-electron chi connectivity index (χ0n) is 15.7. The molecule has 0 fully saturated rings. The van der Waals surface area contributed by atoms with E-state index in [0.29, 0.717) is 37.2 Å². The smallest absolute Gasteiger partial charge is 0.254 e. The van der Waals surface area contributed by atoms with E-state index in [1.54, 1.807) is 13.1 Å². The normalized spacial score (nSPS) is 26.9. The van der Waals surface area contributed by atoms with Gasteiger partial charge >= 0.3 is 0 Å². The molecule has 144 valence electrons. The Hall–Kier alpha value is -2.60. The van der Waals surface area contributed by atoms with Crippen LogP contribution in [0, 0.1) is 5.41 Å². The maximum absolute atomic E-state index is 12.5. The fraction of sp³-hybridized carbons (Fsp3) is 0.429. The summed E-state index contributed by atoms with van der Waals surface area (Å²) in [4.78, 5) is 25.0. The molecular formula is C21H26N2O4.